The molecule has 5 heteroatoms. The normalized spacial score (nSPS) is 31.6. The highest BCUT2D eigenvalue weighted by Gasteiger charge is 2.43. The van der Waals surface area contributed by atoms with E-state index in [1.165, 1.54) is 0 Å². The molecule has 0 bridgehead atoms. The quantitative estimate of drug-likeness (QED) is 0.893. The first-order chi connectivity index (χ1) is 10.6. The maximum atomic E-state index is 10.5. The van der Waals surface area contributed by atoms with Gasteiger partial charge < -0.3 is 14.9 Å². The lowest BCUT2D eigenvalue weighted by Crippen LogP contribution is -2.62. The Kier molecular flexibility index (Phi) is 4.32. The Labute approximate surface area is 139 Å². The first-order valence-electron chi connectivity index (χ1n) is 8.77. The van der Waals surface area contributed by atoms with E-state index in [-0.39, 0.29) is 23.1 Å². The smallest absolute Gasteiger partial charge is 0.137 e. The topological polar surface area (TPSA) is 61.5 Å². The Morgan fingerprint density at radius 2 is 1.91 bits per heavy atom. The van der Waals surface area contributed by atoms with E-state index in [1.807, 2.05) is 13.0 Å². The molecule has 1 aromatic heterocycles. The molecule has 0 spiro atoms. The number of hydrogen-bond donors (Lipinski definition) is 2. The van der Waals surface area contributed by atoms with Crippen LogP contribution in [-0.2, 0) is 6.42 Å². The fraction of sp³-hybridized carbons (Fsp3) is 0.833. The largest absolute Gasteiger partial charge is 0.391 e. The fourth-order valence-corrected chi connectivity index (χ4v) is 4.68. The summed E-state index contributed by atoms with van der Waals surface area (Å²) >= 11 is 0. The summed E-state index contributed by atoms with van der Waals surface area (Å²) in [6, 6.07) is 2.50. The molecule has 3 rings (SSSR count). The Balaban J connectivity index is 1.65. The number of aromatic nitrogens is 1. The Morgan fingerprint density at radius 3 is 2.48 bits per heavy atom. The van der Waals surface area contributed by atoms with Crippen molar-refractivity contribution in [3.63, 3.8) is 0 Å². The zero-order valence-corrected chi connectivity index (χ0v) is 15.1. The van der Waals surface area contributed by atoms with Gasteiger partial charge in [-0.25, -0.2) is 0 Å². The number of aliphatic hydroxyl groups is 1. The Hall–Kier alpha value is -0.910. The second-order valence-corrected chi connectivity index (χ2v) is 8.87. The molecule has 2 N–H and O–H groups in total. The van der Waals surface area contributed by atoms with Gasteiger partial charge in [0.25, 0.3) is 0 Å². The third-order valence-electron chi connectivity index (χ3n) is 5.26. The molecule has 1 aromatic rings. The van der Waals surface area contributed by atoms with E-state index in [1.54, 1.807) is 0 Å². The minimum absolute atomic E-state index is 0.136. The van der Waals surface area contributed by atoms with Crippen LogP contribution >= 0.6 is 0 Å². The second kappa shape index (κ2) is 5.87. The number of rotatable bonds is 3. The van der Waals surface area contributed by atoms with Gasteiger partial charge in [0.15, 0.2) is 0 Å². The molecule has 5 nitrogen and oxygen atoms in total. The average molecular weight is 321 g/mol. The SMILES string of the molecule is Cc1cc(C[C@@H]2CN(C3CC(C)(C)NC(C)(C)C3)C[C@H]2O)on1. The molecule has 0 aromatic carbocycles. The number of nitrogens with one attached hydrogen (secondary N) is 1. The molecular formula is C18H31N3O2. The van der Waals surface area contributed by atoms with E-state index in [2.05, 4.69) is 43.1 Å². The number of piperidine rings is 1. The van der Waals surface area contributed by atoms with Gasteiger partial charge in [0.05, 0.1) is 11.8 Å². The van der Waals surface area contributed by atoms with E-state index in [0.29, 0.717) is 6.04 Å². The first kappa shape index (κ1) is 16.9. The third kappa shape index (κ3) is 3.95. The maximum absolute atomic E-state index is 10.5. The van der Waals surface area contributed by atoms with Crippen LogP contribution in [0.5, 0.6) is 0 Å². The third-order valence-corrected chi connectivity index (χ3v) is 5.26. The average Bonchev–Trinajstić information content (AvgIpc) is 2.93. The van der Waals surface area contributed by atoms with Gasteiger partial charge >= 0.3 is 0 Å². The molecule has 0 radical (unpaired) electrons. The highest BCUT2D eigenvalue weighted by molar-refractivity contribution is 5.07. The van der Waals surface area contributed by atoms with E-state index in [0.717, 1.165) is 43.8 Å². The van der Waals surface area contributed by atoms with Gasteiger partial charge in [-0.3, -0.25) is 4.90 Å². The van der Waals surface area contributed by atoms with Crippen molar-refractivity contribution in [1.82, 2.24) is 15.4 Å². The van der Waals surface area contributed by atoms with Gasteiger partial charge in [-0.1, -0.05) is 5.16 Å². The number of nitrogens with zero attached hydrogens (tertiary/aromatic N) is 2. The number of likely N-dealkylation sites (tertiary alicyclic amines) is 1. The van der Waals surface area contributed by atoms with E-state index in [9.17, 15) is 5.11 Å². The van der Waals surface area contributed by atoms with Crippen LogP contribution in [0.25, 0.3) is 0 Å². The van der Waals surface area contributed by atoms with Gasteiger partial charge in [0.2, 0.25) is 0 Å². The van der Waals surface area contributed by atoms with Crippen molar-refractivity contribution >= 4 is 0 Å². The lowest BCUT2D eigenvalue weighted by atomic mass is 9.79. The zero-order valence-electron chi connectivity index (χ0n) is 15.1. The first-order valence-corrected chi connectivity index (χ1v) is 8.77. The van der Waals surface area contributed by atoms with Crippen molar-refractivity contribution in [2.24, 2.45) is 5.92 Å². The van der Waals surface area contributed by atoms with Gasteiger partial charge in [-0.05, 0) is 47.5 Å². The number of aryl methyl sites for hydroxylation is 1. The molecule has 2 atom stereocenters. The summed E-state index contributed by atoms with van der Waals surface area (Å²) in [4.78, 5) is 2.49. The highest BCUT2D eigenvalue weighted by Crippen LogP contribution is 2.34. The number of hydrogen-bond acceptors (Lipinski definition) is 5. The molecule has 2 aliphatic heterocycles. The van der Waals surface area contributed by atoms with Crippen LogP contribution in [0.4, 0.5) is 0 Å². The molecule has 2 saturated heterocycles. The summed E-state index contributed by atoms with van der Waals surface area (Å²) in [5.41, 5.74) is 1.18. The molecule has 0 saturated carbocycles. The van der Waals surface area contributed by atoms with Crippen molar-refractivity contribution in [1.29, 1.82) is 0 Å². The predicted molar refractivity (Wildman–Crippen MR) is 90.3 cm³/mol. The summed E-state index contributed by atoms with van der Waals surface area (Å²) in [5, 5.41) is 18.2. The van der Waals surface area contributed by atoms with Crippen molar-refractivity contribution < 1.29 is 9.63 Å². The van der Waals surface area contributed by atoms with Gasteiger partial charge in [0, 0.05) is 48.6 Å². The van der Waals surface area contributed by atoms with Crippen LogP contribution in [0.1, 0.15) is 52.0 Å². The molecule has 0 unspecified atom stereocenters. The van der Waals surface area contributed by atoms with Crippen LogP contribution in [0, 0.1) is 12.8 Å². The monoisotopic (exact) mass is 321 g/mol. The van der Waals surface area contributed by atoms with Crippen LogP contribution in [0.2, 0.25) is 0 Å². The molecule has 2 aliphatic rings. The Bertz CT molecular complexity index is 536. The zero-order chi connectivity index (χ0) is 16.8. The van der Waals surface area contributed by atoms with Crippen LogP contribution in [0.15, 0.2) is 10.6 Å². The van der Waals surface area contributed by atoms with Crippen LogP contribution < -0.4 is 5.32 Å². The molecule has 0 amide bonds. The maximum Gasteiger partial charge on any atom is 0.137 e. The van der Waals surface area contributed by atoms with Gasteiger partial charge in [0.1, 0.15) is 5.76 Å². The van der Waals surface area contributed by atoms with Gasteiger partial charge in [-0.15, -0.1) is 0 Å². The molecule has 0 aliphatic carbocycles. The predicted octanol–water partition coefficient (Wildman–Crippen LogP) is 2.13. The van der Waals surface area contributed by atoms with Crippen molar-refractivity contribution in [2.75, 3.05) is 13.1 Å². The van der Waals surface area contributed by atoms with Crippen molar-refractivity contribution in [3.05, 3.63) is 17.5 Å². The number of aliphatic hydroxyl groups excluding tert-OH is 1. The van der Waals surface area contributed by atoms with E-state index < -0.39 is 0 Å². The minimum atomic E-state index is -0.276. The summed E-state index contributed by atoms with van der Waals surface area (Å²) < 4.78 is 5.33. The lowest BCUT2D eigenvalue weighted by Gasteiger charge is -2.49. The van der Waals surface area contributed by atoms with Crippen LogP contribution in [-0.4, -0.2) is 51.5 Å². The van der Waals surface area contributed by atoms with E-state index >= 15 is 0 Å². The molecule has 23 heavy (non-hydrogen) atoms. The summed E-state index contributed by atoms with van der Waals surface area (Å²) in [7, 11) is 0. The minimum Gasteiger partial charge on any atom is -0.391 e. The summed E-state index contributed by atoms with van der Waals surface area (Å²) in [5.74, 6) is 1.13. The number of β-amino-alcohol motifs (C(OH)–C–C–N with tert-alkyl or cyclic N) is 1. The summed E-state index contributed by atoms with van der Waals surface area (Å²) in [6.07, 6.45) is 2.74. The molecule has 130 valence electrons. The molecule has 3 heterocycles. The van der Waals surface area contributed by atoms with E-state index in [4.69, 9.17) is 4.52 Å². The second-order valence-electron chi connectivity index (χ2n) is 8.87. The van der Waals surface area contributed by atoms with Crippen molar-refractivity contribution in [2.45, 2.75) is 77.1 Å². The van der Waals surface area contributed by atoms with Crippen LogP contribution in [0.3, 0.4) is 0 Å². The molecular weight excluding hydrogens is 290 g/mol. The fourth-order valence-electron chi connectivity index (χ4n) is 4.68. The standard InChI is InChI=1S/C18H31N3O2/c1-12-6-15(23-19-12)7-13-10-21(11-16(13)22)14-8-17(2,3)20-18(4,5)9-14/h6,13-14,16,20,22H,7-11H2,1-5H3/t13-,16-/m1/s1. The Morgan fingerprint density at radius 1 is 1.26 bits per heavy atom. The lowest BCUT2D eigenvalue weighted by molar-refractivity contribution is 0.0704. The van der Waals surface area contributed by atoms with Crippen molar-refractivity contribution in [3.8, 4) is 0 Å². The highest BCUT2D eigenvalue weighted by atomic mass is 16.5. The van der Waals surface area contributed by atoms with Gasteiger partial charge in [-0.2, -0.15) is 0 Å². The molecule has 2 fully saturated rings. The summed E-state index contributed by atoms with van der Waals surface area (Å²) in [6.45, 7) is 12.8.